The molecular weight excluding hydrogens is 188 g/mol. The van der Waals surface area contributed by atoms with Gasteiger partial charge in [0.05, 0.1) is 0 Å². The van der Waals surface area contributed by atoms with E-state index in [9.17, 15) is 4.79 Å². The molecule has 0 unspecified atom stereocenters. The Bertz CT molecular complexity index is 293. The van der Waals surface area contributed by atoms with E-state index in [1.54, 1.807) is 5.38 Å². The zero-order chi connectivity index (χ0) is 9.26. The van der Waals surface area contributed by atoms with Gasteiger partial charge in [-0.15, -0.1) is 5.10 Å². The first-order valence-electron chi connectivity index (χ1n) is 4.09. The topological polar surface area (TPSA) is 80.9 Å². The van der Waals surface area contributed by atoms with Crippen LogP contribution in [0.2, 0.25) is 0 Å². The van der Waals surface area contributed by atoms with Crippen LogP contribution in [0.4, 0.5) is 0 Å². The molecule has 70 valence electrons. The molecule has 1 aromatic heterocycles. The van der Waals surface area contributed by atoms with Crippen molar-refractivity contribution in [1.29, 1.82) is 0 Å². The molecule has 1 heterocycles. The molecule has 1 aromatic rings. The lowest BCUT2D eigenvalue weighted by molar-refractivity contribution is 0.0905. The molecule has 0 spiro atoms. The lowest BCUT2D eigenvalue weighted by Crippen LogP contribution is -2.50. The predicted octanol–water partition coefficient (Wildman–Crippen LogP) is -0.242. The molecular formula is C7H10N4OS. The van der Waals surface area contributed by atoms with Crippen LogP contribution in [0.5, 0.6) is 0 Å². The lowest BCUT2D eigenvalue weighted by atomic mass is 9.87. The van der Waals surface area contributed by atoms with Gasteiger partial charge in [-0.05, 0) is 24.4 Å². The van der Waals surface area contributed by atoms with Gasteiger partial charge in [0.2, 0.25) is 0 Å². The highest BCUT2D eigenvalue weighted by molar-refractivity contribution is 7.03. The van der Waals surface area contributed by atoms with Gasteiger partial charge in [0, 0.05) is 17.5 Å². The number of aromatic nitrogens is 2. The van der Waals surface area contributed by atoms with E-state index in [1.165, 1.54) is 11.5 Å². The SMILES string of the molecule is NC1CC(NC(=O)c2csnn2)C1. The molecule has 6 heteroatoms. The van der Waals surface area contributed by atoms with Crippen molar-refractivity contribution in [3.63, 3.8) is 0 Å². The quantitative estimate of drug-likeness (QED) is 0.687. The number of amides is 1. The van der Waals surface area contributed by atoms with Gasteiger partial charge >= 0.3 is 0 Å². The van der Waals surface area contributed by atoms with E-state index < -0.39 is 0 Å². The molecule has 1 saturated carbocycles. The Morgan fingerprint density at radius 2 is 2.46 bits per heavy atom. The third-order valence-corrected chi connectivity index (χ3v) is 2.61. The van der Waals surface area contributed by atoms with Crippen molar-refractivity contribution in [3.8, 4) is 0 Å². The van der Waals surface area contributed by atoms with Crippen LogP contribution in [0, 0.1) is 0 Å². The number of rotatable bonds is 2. The van der Waals surface area contributed by atoms with Crippen LogP contribution < -0.4 is 11.1 Å². The van der Waals surface area contributed by atoms with E-state index in [-0.39, 0.29) is 18.0 Å². The standard InChI is InChI=1S/C7H10N4OS/c8-4-1-5(2-4)9-7(12)6-3-13-11-10-6/h3-5H,1-2,8H2,(H,9,12). The summed E-state index contributed by atoms with van der Waals surface area (Å²) in [4.78, 5) is 11.4. The minimum absolute atomic E-state index is 0.148. The molecule has 0 bridgehead atoms. The molecule has 1 amide bonds. The van der Waals surface area contributed by atoms with Crippen LogP contribution >= 0.6 is 11.5 Å². The molecule has 5 nitrogen and oxygen atoms in total. The molecule has 1 aliphatic carbocycles. The lowest BCUT2D eigenvalue weighted by Gasteiger charge is -2.32. The Labute approximate surface area is 79.5 Å². The zero-order valence-corrected chi connectivity index (χ0v) is 7.75. The number of carbonyl (C=O) groups is 1. The van der Waals surface area contributed by atoms with E-state index in [4.69, 9.17) is 5.73 Å². The van der Waals surface area contributed by atoms with Gasteiger partial charge in [0.15, 0.2) is 5.69 Å². The summed E-state index contributed by atoms with van der Waals surface area (Å²) < 4.78 is 3.62. The second kappa shape index (κ2) is 3.39. The zero-order valence-electron chi connectivity index (χ0n) is 6.93. The minimum Gasteiger partial charge on any atom is -0.348 e. The molecule has 0 aliphatic heterocycles. The van der Waals surface area contributed by atoms with Crippen molar-refractivity contribution in [2.24, 2.45) is 5.73 Å². The Kier molecular flexibility index (Phi) is 2.24. The molecule has 0 atom stereocenters. The van der Waals surface area contributed by atoms with Gasteiger partial charge in [-0.1, -0.05) is 4.49 Å². The average molecular weight is 198 g/mol. The summed E-state index contributed by atoms with van der Waals surface area (Å²) in [7, 11) is 0. The third-order valence-electron chi connectivity index (χ3n) is 2.10. The summed E-state index contributed by atoms with van der Waals surface area (Å²) in [6.07, 6.45) is 1.73. The highest BCUT2D eigenvalue weighted by atomic mass is 32.1. The Balaban J connectivity index is 1.86. The van der Waals surface area contributed by atoms with Gasteiger partial charge in [0.25, 0.3) is 5.91 Å². The second-order valence-electron chi connectivity index (χ2n) is 3.19. The maximum atomic E-state index is 11.4. The van der Waals surface area contributed by atoms with Gasteiger partial charge in [-0.25, -0.2) is 0 Å². The fraction of sp³-hybridized carbons (Fsp3) is 0.571. The molecule has 3 N–H and O–H groups in total. The first-order valence-corrected chi connectivity index (χ1v) is 4.93. The largest absolute Gasteiger partial charge is 0.348 e. The van der Waals surface area contributed by atoms with Crippen molar-refractivity contribution in [2.75, 3.05) is 0 Å². The van der Waals surface area contributed by atoms with Crippen LogP contribution in [0.15, 0.2) is 5.38 Å². The van der Waals surface area contributed by atoms with Crippen molar-refractivity contribution in [3.05, 3.63) is 11.1 Å². The van der Waals surface area contributed by atoms with Crippen LogP contribution in [-0.4, -0.2) is 27.6 Å². The van der Waals surface area contributed by atoms with E-state index in [0.29, 0.717) is 5.69 Å². The monoisotopic (exact) mass is 198 g/mol. The predicted molar refractivity (Wildman–Crippen MR) is 48.4 cm³/mol. The summed E-state index contributed by atoms with van der Waals surface area (Å²) in [5.41, 5.74) is 5.98. The van der Waals surface area contributed by atoms with Gasteiger partial charge in [-0.3, -0.25) is 4.79 Å². The number of hydrogen-bond donors (Lipinski definition) is 2. The Morgan fingerprint density at radius 1 is 1.69 bits per heavy atom. The number of hydrogen-bond acceptors (Lipinski definition) is 5. The number of nitrogens with zero attached hydrogens (tertiary/aromatic N) is 2. The summed E-state index contributed by atoms with van der Waals surface area (Å²) in [5, 5.41) is 8.14. The highest BCUT2D eigenvalue weighted by Gasteiger charge is 2.27. The van der Waals surface area contributed by atoms with Crippen molar-refractivity contribution < 1.29 is 4.79 Å². The Hall–Kier alpha value is -1.01. The second-order valence-corrected chi connectivity index (χ2v) is 3.80. The van der Waals surface area contributed by atoms with E-state index >= 15 is 0 Å². The number of nitrogens with one attached hydrogen (secondary N) is 1. The average Bonchev–Trinajstić information content (AvgIpc) is 2.53. The van der Waals surface area contributed by atoms with Crippen LogP contribution in [0.25, 0.3) is 0 Å². The van der Waals surface area contributed by atoms with E-state index in [1.807, 2.05) is 0 Å². The maximum Gasteiger partial charge on any atom is 0.272 e. The first-order chi connectivity index (χ1) is 6.25. The summed E-state index contributed by atoms with van der Waals surface area (Å²) >= 11 is 1.17. The molecule has 2 rings (SSSR count). The highest BCUT2D eigenvalue weighted by Crippen LogP contribution is 2.17. The number of nitrogens with two attached hydrogens (primary N) is 1. The summed E-state index contributed by atoms with van der Waals surface area (Å²) in [5.74, 6) is -0.148. The molecule has 0 radical (unpaired) electrons. The van der Waals surface area contributed by atoms with Crippen LogP contribution in [0.1, 0.15) is 23.3 Å². The smallest absolute Gasteiger partial charge is 0.272 e. The van der Waals surface area contributed by atoms with Gasteiger partial charge in [-0.2, -0.15) is 0 Å². The van der Waals surface area contributed by atoms with E-state index in [0.717, 1.165) is 12.8 Å². The molecule has 1 fully saturated rings. The van der Waals surface area contributed by atoms with Crippen molar-refractivity contribution >= 4 is 17.4 Å². The van der Waals surface area contributed by atoms with Crippen molar-refractivity contribution in [2.45, 2.75) is 24.9 Å². The first kappa shape index (κ1) is 8.58. The Morgan fingerprint density at radius 3 is 3.00 bits per heavy atom. The molecule has 1 aliphatic rings. The minimum atomic E-state index is -0.148. The molecule has 0 saturated heterocycles. The molecule has 13 heavy (non-hydrogen) atoms. The number of carbonyl (C=O) groups excluding carboxylic acids is 1. The van der Waals surface area contributed by atoms with Gasteiger partial charge in [0.1, 0.15) is 0 Å². The summed E-state index contributed by atoms with van der Waals surface area (Å²) in [6.45, 7) is 0. The summed E-state index contributed by atoms with van der Waals surface area (Å²) in [6, 6.07) is 0.475. The fourth-order valence-electron chi connectivity index (χ4n) is 1.30. The van der Waals surface area contributed by atoms with Crippen molar-refractivity contribution in [1.82, 2.24) is 14.9 Å². The maximum absolute atomic E-state index is 11.4. The van der Waals surface area contributed by atoms with Crippen LogP contribution in [0.3, 0.4) is 0 Å². The fourth-order valence-corrected chi connectivity index (χ4v) is 1.74. The third kappa shape index (κ3) is 1.84. The normalized spacial score (nSPS) is 26.5. The van der Waals surface area contributed by atoms with Crippen LogP contribution in [-0.2, 0) is 0 Å². The molecule has 0 aromatic carbocycles. The van der Waals surface area contributed by atoms with E-state index in [2.05, 4.69) is 14.9 Å². The van der Waals surface area contributed by atoms with Gasteiger partial charge < -0.3 is 11.1 Å².